The lowest BCUT2D eigenvalue weighted by atomic mass is 10.1. The molecule has 0 radical (unpaired) electrons. The fourth-order valence-corrected chi connectivity index (χ4v) is 1.27. The van der Waals surface area contributed by atoms with Crippen molar-refractivity contribution in [3.63, 3.8) is 0 Å². The Morgan fingerprint density at radius 3 is 1.64 bits per heavy atom. The van der Waals surface area contributed by atoms with Gasteiger partial charge < -0.3 is 0 Å². The van der Waals surface area contributed by atoms with Crippen LogP contribution in [0.4, 0.5) is 0 Å². The molecule has 0 aromatic rings. The van der Waals surface area contributed by atoms with Gasteiger partial charge in [0.25, 0.3) is 0 Å². The van der Waals surface area contributed by atoms with Crippen LogP contribution < -0.4 is 0 Å². The number of rotatable bonds is 4. The Bertz CT molecular complexity index is 112. The molecule has 0 aromatic carbocycles. The van der Waals surface area contributed by atoms with E-state index in [0.29, 0.717) is 0 Å². The van der Waals surface area contributed by atoms with E-state index in [4.69, 9.17) is 0 Å². The summed E-state index contributed by atoms with van der Waals surface area (Å²) in [5.74, 6) is 0. The molecule has 1 atom stereocenters. The Kier molecular flexibility index (Phi) is 4.04. The molecule has 68 valence electrons. The molecule has 0 N–H and O–H groups in total. The van der Waals surface area contributed by atoms with Gasteiger partial charge >= 0.3 is 0 Å². The molecule has 1 unspecified atom stereocenters. The lowest BCUT2D eigenvalue weighted by molar-refractivity contribution is 0.00284. The lowest BCUT2D eigenvalue weighted by Gasteiger charge is -2.43. The second kappa shape index (κ2) is 4.07. The standard InChI is InChI=1S/C9H22N2/c1-7-9(3,10(4)5)11(6)8-2/h7-8H2,1-6H3. The fourth-order valence-electron chi connectivity index (χ4n) is 1.27. The van der Waals surface area contributed by atoms with Crippen LogP contribution in [0.1, 0.15) is 27.2 Å². The third kappa shape index (κ3) is 2.17. The molecule has 0 spiro atoms. The average molecular weight is 158 g/mol. The molecule has 0 aliphatic heterocycles. The van der Waals surface area contributed by atoms with Crippen LogP contribution in [0.2, 0.25) is 0 Å². The van der Waals surface area contributed by atoms with Gasteiger partial charge in [-0.25, -0.2) is 0 Å². The Morgan fingerprint density at radius 2 is 1.55 bits per heavy atom. The van der Waals surface area contributed by atoms with Crippen LogP contribution in [0.5, 0.6) is 0 Å². The zero-order valence-electron chi connectivity index (χ0n) is 8.81. The molecule has 0 aliphatic rings. The maximum absolute atomic E-state index is 2.37. The first-order valence-electron chi connectivity index (χ1n) is 4.37. The number of hydrogen-bond donors (Lipinski definition) is 0. The van der Waals surface area contributed by atoms with Crippen molar-refractivity contribution in [1.82, 2.24) is 9.80 Å². The molecule has 2 heteroatoms. The highest BCUT2D eigenvalue weighted by Gasteiger charge is 2.27. The molecular formula is C9H22N2. The van der Waals surface area contributed by atoms with E-state index >= 15 is 0 Å². The van der Waals surface area contributed by atoms with E-state index in [1.165, 1.54) is 0 Å². The van der Waals surface area contributed by atoms with Gasteiger partial charge in [0.1, 0.15) is 0 Å². The highest BCUT2D eigenvalue weighted by molar-refractivity contribution is 4.78. The summed E-state index contributed by atoms with van der Waals surface area (Å²) in [5.41, 5.74) is 0.217. The molecular weight excluding hydrogens is 136 g/mol. The summed E-state index contributed by atoms with van der Waals surface area (Å²) in [5, 5.41) is 0. The van der Waals surface area contributed by atoms with Gasteiger partial charge in [-0.2, -0.15) is 0 Å². The van der Waals surface area contributed by atoms with Gasteiger partial charge in [-0.15, -0.1) is 0 Å². The van der Waals surface area contributed by atoms with Crippen molar-refractivity contribution in [3.05, 3.63) is 0 Å². The first-order valence-corrected chi connectivity index (χ1v) is 4.37. The summed E-state index contributed by atoms with van der Waals surface area (Å²) >= 11 is 0. The van der Waals surface area contributed by atoms with Gasteiger partial charge in [-0.1, -0.05) is 13.8 Å². The minimum atomic E-state index is 0.217. The zero-order chi connectivity index (χ0) is 9.07. The van der Waals surface area contributed by atoms with Gasteiger partial charge in [-0.3, -0.25) is 9.80 Å². The summed E-state index contributed by atoms with van der Waals surface area (Å²) in [7, 11) is 6.44. The number of hydrogen-bond acceptors (Lipinski definition) is 2. The van der Waals surface area contributed by atoms with Crippen LogP contribution in [0.3, 0.4) is 0 Å². The Balaban J connectivity index is 4.32. The topological polar surface area (TPSA) is 6.48 Å². The van der Waals surface area contributed by atoms with Crippen LogP contribution in [0.15, 0.2) is 0 Å². The van der Waals surface area contributed by atoms with Gasteiger partial charge in [0.15, 0.2) is 0 Å². The minimum Gasteiger partial charge on any atom is -0.292 e. The fraction of sp³-hybridized carbons (Fsp3) is 1.00. The minimum absolute atomic E-state index is 0.217. The average Bonchev–Trinajstić information content (AvgIpc) is 2.01. The highest BCUT2D eigenvalue weighted by atomic mass is 15.4. The van der Waals surface area contributed by atoms with Crippen LogP contribution >= 0.6 is 0 Å². The summed E-state index contributed by atoms with van der Waals surface area (Å²) in [6.45, 7) is 7.79. The maximum Gasteiger partial charge on any atom is 0.0698 e. The van der Waals surface area contributed by atoms with Crippen molar-refractivity contribution in [2.24, 2.45) is 0 Å². The monoisotopic (exact) mass is 158 g/mol. The predicted octanol–water partition coefficient (Wildman–Crippen LogP) is 1.63. The van der Waals surface area contributed by atoms with E-state index in [1.54, 1.807) is 0 Å². The molecule has 0 rings (SSSR count). The zero-order valence-corrected chi connectivity index (χ0v) is 8.81. The van der Waals surface area contributed by atoms with Crippen molar-refractivity contribution in [3.8, 4) is 0 Å². The molecule has 0 saturated heterocycles. The first kappa shape index (κ1) is 10.9. The summed E-state index contributed by atoms with van der Waals surface area (Å²) in [4.78, 5) is 4.64. The van der Waals surface area contributed by atoms with E-state index in [0.717, 1.165) is 13.0 Å². The molecule has 0 fully saturated rings. The van der Waals surface area contributed by atoms with Crippen molar-refractivity contribution in [2.45, 2.75) is 32.9 Å². The van der Waals surface area contributed by atoms with Crippen molar-refractivity contribution in [2.75, 3.05) is 27.7 Å². The van der Waals surface area contributed by atoms with E-state index in [1.807, 2.05) is 0 Å². The summed E-state index contributed by atoms with van der Waals surface area (Å²) in [6.07, 6.45) is 1.16. The smallest absolute Gasteiger partial charge is 0.0698 e. The predicted molar refractivity (Wildman–Crippen MR) is 50.7 cm³/mol. The number of nitrogens with zero attached hydrogens (tertiary/aromatic N) is 2. The van der Waals surface area contributed by atoms with Crippen molar-refractivity contribution >= 4 is 0 Å². The van der Waals surface area contributed by atoms with Gasteiger partial charge in [0.2, 0.25) is 0 Å². The van der Waals surface area contributed by atoms with E-state index < -0.39 is 0 Å². The Labute approximate surface area is 71.2 Å². The molecule has 0 aromatic heterocycles. The largest absolute Gasteiger partial charge is 0.292 e. The first-order chi connectivity index (χ1) is 4.99. The Morgan fingerprint density at radius 1 is 1.09 bits per heavy atom. The highest BCUT2D eigenvalue weighted by Crippen LogP contribution is 2.19. The molecule has 0 saturated carbocycles. The summed E-state index contributed by atoms with van der Waals surface area (Å²) < 4.78 is 0. The maximum atomic E-state index is 2.37. The van der Waals surface area contributed by atoms with Crippen LogP contribution in [-0.2, 0) is 0 Å². The Hall–Kier alpha value is -0.0800. The van der Waals surface area contributed by atoms with Crippen molar-refractivity contribution < 1.29 is 0 Å². The van der Waals surface area contributed by atoms with Gasteiger partial charge in [0.05, 0.1) is 5.66 Å². The lowest BCUT2D eigenvalue weighted by Crippen LogP contribution is -2.53. The molecule has 11 heavy (non-hydrogen) atoms. The molecule has 0 aliphatic carbocycles. The summed E-state index contributed by atoms with van der Waals surface area (Å²) in [6, 6.07) is 0. The van der Waals surface area contributed by atoms with Gasteiger partial charge in [-0.05, 0) is 41.0 Å². The van der Waals surface area contributed by atoms with E-state index in [9.17, 15) is 0 Å². The van der Waals surface area contributed by atoms with E-state index in [2.05, 4.69) is 51.7 Å². The quantitative estimate of drug-likeness (QED) is 0.574. The van der Waals surface area contributed by atoms with Crippen LogP contribution in [0, 0.1) is 0 Å². The van der Waals surface area contributed by atoms with Crippen LogP contribution in [-0.4, -0.2) is 43.2 Å². The van der Waals surface area contributed by atoms with Gasteiger partial charge in [0, 0.05) is 0 Å². The third-order valence-electron chi connectivity index (χ3n) is 2.93. The second-order valence-corrected chi connectivity index (χ2v) is 3.48. The second-order valence-electron chi connectivity index (χ2n) is 3.48. The molecule has 0 heterocycles. The molecule has 0 bridgehead atoms. The van der Waals surface area contributed by atoms with E-state index in [-0.39, 0.29) is 5.66 Å². The van der Waals surface area contributed by atoms with Crippen molar-refractivity contribution in [1.29, 1.82) is 0 Å². The molecule has 0 amide bonds. The SMILES string of the molecule is CCN(C)C(C)(CC)N(C)C. The van der Waals surface area contributed by atoms with Crippen LogP contribution in [0.25, 0.3) is 0 Å². The normalized spacial score (nSPS) is 17.5. The third-order valence-corrected chi connectivity index (χ3v) is 2.93. The molecule has 2 nitrogen and oxygen atoms in total.